The standard InChI is InChI=1S/C29H21Cl6F2N3O6/c1-28(2,3)46-27(45)40(26(43)44)20-10-17(36)19(9-18(20)37)39-24(41)13-8-12(4-5-14(13)30)38-25(42)22-21(29(22,34)35)11-6-15(31)23(33)16(32)7-11/h4-10,21-22H,1-3H3,(H,38,42)(H,39,41)(H,43,44)/t21-,22+/m0/s1. The van der Waals surface area contributed by atoms with Gasteiger partial charge in [-0.25, -0.2) is 18.4 Å². The zero-order chi connectivity index (χ0) is 34.5. The van der Waals surface area contributed by atoms with Crippen LogP contribution in [0.4, 0.5) is 35.4 Å². The van der Waals surface area contributed by atoms with Gasteiger partial charge in [-0.05, 0) is 56.7 Å². The summed E-state index contributed by atoms with van der Waals surface area (Å²) in [5.41, 5.74) is -2.53. The number of imide groups is 1. The molecule has 244 valence electrons. The first-order valence-corrected chi connectivity index (χ1v) is 15.2. The number of halogens is 8. The Bertz CT molecular complexity index is 1760. The maximum atomic E-state index is 15.0. The number of hydrogen-bond acceptors (Lipinski definition) is 5. The molecule has 4 rings (SSSR count). The fourth-order valence-electron chi connectivity index (χ4n) is 4.40. The van der Waals surface area contributed by atoms with Gasteiger partial charge < -0.3 is 20.5 Å². The number of anilines is 3. The van der Waals surface area contributed by atoms with Crippen LogP contribution in [0.15, 0.2) is 42.5 Å². The molecule has 1 fully saturated rings. The number of carboxylic acid groups (broad SMARTS) is 1. The van der Waals surface area contributed by atoms with Crippen LogP contribution in [0.5, 0.6) is 0 Å². The van der Waals surface area contributed by atoms with Gasteiger partial charge in [-0.15, -0.1) is 23.2 Å². The molecule has 0 aliphatic heterocycles. The number of alkyl halides is 2. The summed E-state index contributed by atoms with van der Waals surface area (Å²) in [6.45, 7) is 4.35. The average molecular weight is 758 g/mol. The van der Waals surface area contributed by atoms with E-state index in [-0.39, 0.29) is 36.2 Å². The molecule has 3 aromatic rings. The lowest BCUT2D eigenvalue weighted by Crippen LogP contribution is -2.40. The Morgan fingerprint density at radius 1 is 0.891 bits per heavy atom. The molecule has 17 heteroatoms. The number of rotatable bonds is 6. The molecule has 0 heterocycles. The smallest absolute Gasteiger partial charge is 0.424 e. The van der Waals surface area contributed by atoms with Crippen molar-refractivity contribution in [2.24, 2.45) is 5.92 Å². The van der Waals surface area contributed by atoms with Gasteiger partial charge in [-0.1, -0.05) is 46.4 Å². The second-order valence-electron chi connectivity index (χ2n) is 10.9. The van der Waals surface area contributed by atoms with Gasteiger partial charge in [-0.2, -0.15) is 4.90 Å². The second-order valence-corrected chi connectivity index (χ2v) is 14.0. The largest absolute Gasteiger partial charge is 0.464 e. The molecular weight excluding hydrogens is 737 g/mol. The van der Waals surface area contributed by atoms with Crippen LogP contribution in [-0.2, 0) is 9.53 Å². The van der Waals surface area contributed by atoms with Gasteiger partial charge in [-0.3, -0.25) is 9.59 Å². The van der Waals surface area contributed by atoms with Crippen LogP contribution < -0.4 is 15.5 Å². The van der Waals surface area contributed by atoms with Crippen molar-refractivity contribution in [2.45, 2.75) is 36.6 Å². The van der Waals surface area contributed by atoms with Crippen molar-refractivity contribution in [3.63, 3.8) is 0 Å². The number of nitrogens with one attached hydrogen (secondary N) is 2. The van der Waals surface area contributed by atoms with Crippen molar-refractivity contribution in [1.82, 2.24) is 0 Å². The van der Waals surface area contributed by atoms with Crippen molar-refractivity contribution >= 4 is 111 Å². The fourth-order valence-corrected chi connectivity index (χ4v) is 6.04. The molecule has 0 aromatic heterocycles. The van der Waals surface area contributed by atoms with Crippen molar-refractivity contribution in [2.75, 3.05) is 15.5 Å². The molecule has 9 nitrogen and oxygen atoms in total. The van der Waals surface area contributed by atoms with Crippen molar-refractivity contribution in [1.29, 1.82) is 0 Å². The van der Waals surface area contributed by atoms with Gasteiger partial charge in [0.2, 0.25) is 5.91 Å². The third-order valence-corrected chi connectivity index (χ3v) is 8.94. The summed E-state index contributed by atoms with van der Waals surface area (Å²) in [6, 6.07) is 7.68. The summed E-state index contributed by atoms with van der Waals surface area (Å²) in [7, 11) is 0. The maximum Gasteiger partial charge on any atom is 0.424 e. The minimum atomic E-state index is -1.94. The monoisotopic (exact) mass is 755 g/mol. The van der Waals surface area contributed by atoms with E-state index in [0.717, 1.165) is 0 Å². The minimum absolute atomic E-state index is 0.0814. The molecule has 0 bridgehead atoms. The molecule has 0 spiro atoms. The Hall–Kier alpha value is -3.06. The Morgan fingerprint density at radius 3 is 2.07 bits per heavy atom. The highest BCUT2D eigenvalue weighted by Gasteiger charge is 2.67. The molecule has 1 aliphatic rings. The molecule has 3 N–H and O–H groups in total. The summed E-state index contributed by atoms with van der Waals surface area (Å²) in [6.07, 6.45) is -3.41. The first kappa shape index (κ1) is 35.8. The summed E-state index contributed by atoms with van der Waals surface area (Å²) in [4.78, 5) is 50.1. The minimum Gasteiger partial charge on any atom is -0.464 e. The second kappa shape index (κ2) is 13.2. The Balaban J connectivity index is 1.53. The average Bonchev–Trinajstić information content (AvgIpc) is 3.51. The fraction of sp³-hybridized carbons (Fsp3) is 0.241. The van der Waals surface area contributed by atoms with Gasteiger partial charge in [0.05, 0.1) is 42.9 Å². The van der Waals surface area contributed by atoms with Gasteiger partial charge in [0.15, 0.2) is 0 Å². The highest BCUT2D eigenvalue weighted by atomic mass is 35.5. The molecule has 1 aliphatic carbocycles. The van der Waals surface area contributed by atoms with Gasteiger partial charge >= 0.3 is 12.2 Å². The number of nitrogens with zero attached hydrogens (tertiary/aromatic N) is 1. The number of carbonyl (C=O) groups is 4. The molecule has 1 saturated carbocycles. The highest BCUT2D eigenvalue weighted by molar-refractivity contribution is 6.54. The Kier molecular flexibility index (Phi) is 10.3. The van der Waals surface area contributed by atoms with E-state index < -0.39 is 68.8 Å². The normalized spacial score (nSPS) is 16.8. The van der Waals surface area contributed by atoms with Crippen LogP contribution in [0.3, 0.4) is 0 Å². The number of amides is 4. The van der Waals surface area contributed by atoms with Gasteiger partial charge in [0.25, 0.3) is 5.91 Å². The van der Waals surface area contributed by atoms with Crippen LogP contribution in [0.25, 0.3) is 0 Å². The van der Waals surface area contributed by atoms with Crippen LogP contribution in [-0.4, -0.2) is 39.0 Å². The summed E-state index contributed by atoms with van der Waals surface area (Å²) >= 11 is 37.2. The molecular formula is C29H21Cl6F2N3O6. The molecule has 0 radical (unpaired) electrons. The molecule has 4 amide bonds. The van der Waals surface area contributed by atoms with E-state index in [1.165, 1.54) is 51.1 Å². The van der Waals surface area contributed by atoms with Gasteiger partial charge in [0.1, 0.15) is 21.6 Å². The molecule has 0 unspecified atom stereocenters. The van der Waals surface area contributed by atoms with E-state index in [4.69, 9.17) is 74.3 Å². The van der Waals surface area contributed by atoms with E-state index in [1.54, 1.807) is 0 Å². The van der Waals surface area contributed by atoms with E-state index in [1.807, 2.05) is 0 Å². The lowest BCUT2D eigenvalue weighted by atomic mass is 10.1. The lowest BCUT2D eigenvalue weighted by molar-refractivity contribution is -0.117. The van der Waals surface area contributed by atoms with E-state index in [0.29, 0.717) is 17.7 Å². The topological polar surface area (TPSA) is 125 Å². The summed E-state index contributed by atoms with van der Waals surface area (Å²) < 4.78 is 33.4. The van der Waals surface area contributed by atoms with Crippen LogP contribution in [0, 0.1) is 17.6 Å². The Labute approximate surface area is 290 Å². The van der Waals surface area contributed by atoms with Crippen LogP contribution in [0.1, 0.15) is 42.6 Å². The SMILES string of the molecule is CC(C)(C)OC(=O)N(C(=O)O)c1cc(F)c(NC(=O)c2cc(NC(=O)[C@H]3[C@H](c4cc(Cl)c(Cl)c(Cl)c4)C3(Cl)Cl)ccc2Cl)cc1F. The first-order chi connectivity index (χ1) is 21.2. The Morgan fingerprint density at radius 2 is 1.50 bits per heavy atom. The van der Waals surface area contributed by atoms with Crippen LogP contribution in [0.2, 0.25) is 20.1 Å². The summed E-state index contributed by atoms with van der Waals surface area (Å²) in [5.74, 6) is -5.96. The van der Waals surface area contributed by atoms with Crippen molar-refractivity contribution in [3.05, 3.63) is 85.3 Å². The molecule has 3 aromatic carbocycles. The zero-order valence-electron chi connectivity index (χ0n) is 23.7. The van der Waals surface area contributed by atoms with Crippen molar-refractivity contribution in [3.8, 4) is 0 Å². The number of carbonyl (C=O) groups excluding carboxylic acids is 3. The number of hydrogen-bond donors (Lipinski definition) is 3. The third-order valence-electron chi connectivity index (χ3n) is 6.47. The zero-order valence-corrected chi connectivity index (χ0v) is 28.2. The first-order valence-electron chi connectivity index (χ1n) is 12.9. The summed E-state index contributed by atoms with van der Waals surface area (Å²) in [5, 5.41) is 14.5. The maximum absolute atomic E-state index is 15.0. The predicted octanol–water partition coefficient (Wildman–Crippen LogP) is 9.78. The number of ether oxygens (including phenoxy) is 1. The molecule has 2 atom stereocenters. The quantitative estimate of drug-likeness (QED) is 0.170. The molecule has 0 saturated heterocycles. The molecule has 46 heavy (non-hydrogen) atoms. The highest BCUT2D eigenvalue weighted by Crippen LogP contribution is 2.65. The number of benzene rings is 3. The predicted molar refractivity (Wildman–Crippen MR) is 173 cm³/mol. The van der Waals surface area contributed by atoms with E-state index >= 15 is 4.39 Å². The van der Waals surface area contributed by atoms with Crippen molar-refractivity contribution < 1.29 is 37.8 Å². The van der Waals surface area contributed by atoms with E-state index in [2.05, 4.69) is 10.6 Å². The van der Waals surface area contributed by atoms with E-state index in [9.17, 15) is 28.7 Å². The lowest BCUT2D eigenvalue weighted by Gasteiger charge is -2.24. The third kappa shape index (κ3) is 7.56. The van der Waals surface area contributed by atoms with Crippen LogP contribution >= 0.6 is 69.6 Å². The van der Waals surface area contributed by atoms with Gasteiger partial charge in [0, 0.05) is 23.7 Å².